The first-order valence-corrected chi connectivity index (χ1v) is 9.74. The van der Waals surface area contributed by atoms with Crippen LogP contribution in [0.4, 0.5) is 0 Å². The summed E-state index contributed by atoms with van der Waals surface area (Å²) in [5.74, 6) is 0. The van der Waals surface area contributed by atoms with Crippen molar-refractivity contribution < 1.29 is 9.90 Å². The largest absolute Gasteiger partial charge is 0.396 e. The number of aliphatic hydroxyl groups is 1. The van der Waals surface area contributed by atoms with Crippen molar-refractivity contribution in [1.29, 1.82) is 0 Å². The third kappa shape index (κ3) is 14.8. The first kappa shape index (κ1) is 24.5. The van der Waals surface area contributed by atoms with E-state index >= 15 is 0 Å². The Morgan fingerprint density at radius 2 is 1.54 bits per heavy atom. The Bertz CT molecular complexity index is 619. The average Bonchev–Trinajstić information content (AvgIpc) is 2.57. The number of carbonyl (C=O) groups is 1. The maximum atomic E-state index is 9.54. The topological polar surface area (TPSA) is 37.3 Å². The van der Waals surface area contributed by atoms with Gasteiger partial charge < -0.3 is 5.11 Å². The molecule has 0 radical (unpaired) electrons. The van der Waals surface area contributed by atoms with Gasteiger partial charge in [-0.2, -0.15) is 0 Å². The third-order valence-electron chi connectivity index (χ3n) is 3.01. The van der Waals surface area contributed by atoms with Crippen molar-refractivity contribution in [2.75, 3.05) is 6.61 Å². The number of hydrogen-bond donors (Lipinski definition) is 2. The van der Waals surface area contributed by atoms with Gasteiger partial charge in [0.1, 0.15) is 6.29 Å². The molecule has 2 rings (SSSR count). The summed E-state index contributed by atoms with van der Waals surface area (Å²) in [6.45, 7) is 8.33. The van der Waals surface area contributed by atoms with E-state index < -0.39 is 0 Å². The van der Waals surface area contributed by atoms with E-state index in [1.165, 1.54) is 11.0 Å². The number of thiol groups is 1. The van der Waals surface area contributed by atoms with Crippen molar-refractivity contribution in [3.63, 3.8) is 0 Å². The molecule has 0 atom stereocenters. The van der Waals surface area contributed by atoms with E-state index in [0.29, 0.717) is 0 Å². The van der Waals surface area contributed by atoms with Gasteiger partial charge in [-0.3, -0.25) is 4.79 Å². The number of thioether (sulfide) groups is 1. The van der Waals surface area contributed by atoms with Crippen molar-refractivity contribution in [1.82, 2.24) is 0 Å². The molecule has 1 N–H and O–H groups in total. The summed E-state index contributed by atoms with van der Waals surface area (Å²) < 4.78 is 0.121. The monoisotopic (exact) mass is 390 g/mol. The van der Waals surface area contributed by atoms with Gasteiger partial charge in [-0.15, -0.1) is 24.4 Å². The van der Waals surface area contributed by atoms with E-state index in [4.69, 9.17) is 5.11 Å². The lowest BCUT2D eigenvalue weighted by Gasteiger charge is -2.22. The van der Waals surface area contributed by atoms with Crippen molar-refractivity contribution in [2.24, 2.45) is 0 Å². The number of aliphatic hydroxyl groups excluding tert-OH is 1. The minimum atomic E-state index is 0.121. The number of carbonyl (C=O) groups excluding carboxylic acids is 1. The highest BCUT2D eigenvalue weighted by Crippen LogP contribution is 2.34. The number of benzene rings is 2. The fourth-order valence-corrected chi connectivity index (χ4v) is 2.99. The molecule has 2 nitrogen and oxygen atoms in total. The van der Waals surface area contributed by atoms with Gasteiger partial charge in [-0.1, -0.05) is 55.8 Å². The summed E-state index contributed by atoms with van der Waals surface area (Å²) in [6.07, 6.45) is 3.14. The van der Waals surface area contributed by atoms with Crippen molar-refractivity contribution in [3.8, 4) is 0 Å². The molecule has 0 heterocycles. The van der Waals surface area contributed by atoms with Gasteiger partial charge in [-0.05, 0) is 50.6 Å². The zero-order chi connectivity index (χ0) is 19.8. The molecule has 0 aliphatic carbocycles. The second-order valence-corrected chi connectivity index (χ2v) is 8.66. The molecular weight excluding hydrogens is 360 g/mol. The molecule has 2 aromatic carbocycles. The second-order valence-electron chi connectivity index (χ2n) is 6.36. The standard InChI is InChI=1S/C11H16OS.C6H6S.C5H8O/c1-11(2,8-9-12)13-10-6-4-3-5-7-10;7-6-4-2-1-3-5-6;1-5(2)3-4-6/h3-7,12H,8-9H2,1-2H3;1-5,7H;3-4H,1-2H3. The molecule has 0 amide bonds. The normalized spacial score (nSPS) is 9.77. The van der Waals surface area contributed by atoms with Gasteiger partial charge in [-0.25, -0.2) is 0 Å². The predicted molar refractivity (Wildman–Crippen MR) is 117 cm³/mol. The molecule has 0 aliphatic heterocycles. The lowest BCUT2D eigenvalue weighted by atomic mass is 10.1. The van der Waals surface area contributed by atoms with Gasteiger partial charge in [0.05, 0.1) is 0 Å². The van der Waals surface area contributed by atoms with E-state index in [1.54, 1.807) is 0 Å². The van der Waals surface area contributed by atoms with Gasteiger partial charge >= 0.3 is 0 Å². The summed E-state index contributed by atoms with van der Waals surface area (Å²) in [5.41, 5.74) is 1.05. The molecule has 4 heteroatoms. The van der Waals surface area contributed by atoms with E-state index in [-0.39, 0.29) is 11.4 Å². The van der Waals surface area contributed by atoms with Crippen molar-refractivity contribution >= 4 is 30.7 Å². The Hall–Kier alpha value is -1.49. The zero-order valence-corrected chi connectivity index (χ0v) is 17.8. The van der Waals surface area contributed by atoms with Crippen LogP contribution in [0.1, 0.15) is 34.1 Å². The van der Waals surface area contributed by atoms with Crippen LogP contribution in [0.15, 0.2) is 82.1 Å². The second kappa shape index (κ2) is 14.7. The van der Waals surface area contributed by atoms with Gasteiger partial charge in [0.25, 0.3) is 0 Å². The first-order valence-electron chi connectivity index (χ1n) is 8.48. The zero-order valence-electron chi connectivity index (χ0n) is 16.1. The van der Waals surface area contributed by atoms with Gasteiger partial charge in [0.15, 0.2) is 0 Å². The van der Waals surface area contributed by atoms with Crippen LogP contribution in [-0.2, 0) is 4.79 Å². The number of allylic oxidation sites excluding steroid dienone is 2. The number of hydrogen-bond acceptors (Lipinski definition) is 4. The van der Waals surface area contributed by atoms with Gasteiger partial charge in [0, 0.05) is 21.1 Å². The Balaban J connectivity index is 0.000000405. The smallest absolute Gasteiger partial charge is 0.142 e. The highest BCUT2D eigenvalue weighted by atomic mass is 32.2. The lowest BCUT2D eigenvalue weighted by molar-refractivity contribution is -0.104. The van der Waals surface area contributed by atoms with E-state index in [9.17, 15) is 4.79 Å². The fraction of sp³-hybridized carbons (Fsp3) is 0.318. The molecule has 0 unspecified atom stereocenters. The molecule has 2 aromatic rings. The van der Waals surface area contributed by atoms with Crippen molar-refractivity contribution in [2.45, 2.75) is 48.7 Å². The summed E-state index contributed by atoms with van der Waals surface area (Å²) in [4.78, 5) is 11.8. The SMILES string of the molecule is CC(C)(CCO)Sc1ccccc1.CC(C)=CC=O.Sc1ccccc1. The molecule has 0 saturated heterocycles. The third-order valence-corrected chi connectivity index (χ3v) is 4.57. The Morgan fingerprint density at radius 1 is 1.04 bits per heavy atom. The molecule has 0 fully saturated rings. The summed E-state index contributed by atoms with van der Waals surface area (Å²) in [7, 11) is 0. The predicted octanol–water partition coefficient (Wildman–Crippen LogP) is 6.07. The van der Waals surface area contributed by atoms with Crippen LogP contribution in [0, 0.1) is 0 Å². The first-order chi connectivity index (χ1) is 12.3. The quantitative estimate of drug-likeness (QED) is 0.282. The lowest BCUT2D eigenvalue weighted by Crippen LogP contribution is -2.15. The summed E-state index contributed by atoms with van der Waals surface area (Å²) in [6, 6.07) is 20.1. The van der Waals surface area contributed by atoms with Gasteiger partial charge in [0.2, 0.25) is 0 Å². The maximum absolute atomic E-state index is 9.54. The Kier molecular flexibility index (Phi) is 13.8. The number of rotatable bonds is 5. The Labute approximate surface area is 168 Å². The molecule has 0 bridgehead atoms. The van der Waals surface area contributed by atoms with Crippen LogP contribution in [0.25, 0.3) is 0 Å². The molecule has 0 aliphatic rings. The number of aldehydes is 1. The highest BCUT2D eigenvalue weighted by molar-refractivity contribution is 8.00. The minimum absolute atomic E-state index is 0.121. The van der Waals surface area contributed by atoms with Crippen LogP contribution in [-0.4, -0.2) is 22.7 Å². The minimum Gasteiger partial charge on any atom is -0.396 e. The molecule has 0 aromatic heterocycles. The molecule has 26 heavy (non-hydrogen) atoms. The maximum Gasteiger partial charge on any atom is 0.142 e. The summed E-state index contributed by atoms with van der Waals surface area (Å²) in [5, 5.41) is 8.87. The average molecular weight is 391 g/mol. The fourth-order valence-electron chi connectivity index (χ4n) is 1.69. The van der Waals surface area contributed by atoms with Crippen LogP contribution < -0.4 is 0 Å². The molecule has 0 saturated carbocycles. The van der Waals surface area contributed by atoms with Crippen LogP contribution >= 0.6 is 24.4 Å². The molecule has 0 spiro atoms. The van der Waals surface area contributed by atoms with Crippen LogP contribution in [0.3, 0.4) is 0 Å². The van der Waals surface area contributed by atoms with Crippen LogP contribution in [0.2, 0.25) is 0 Å². The Morgan fingerprint density at radius 3 is 1.85 bits per heavy atom. The van der Waals surface area contributed by atoms with Crippen molar-refractivity contribution in [3.05, 3.63) is 72.3 Å². The molecule has 142 valence electrons. The van der Waals surface area contributed by atoms with E-state index in [1.807, 2.05) is 74.1 Å². The highest BCUT2D eigenvalue weighted by Gasteiger charge is 2.18. The van der Waals surface area contributed by atoms with E-state index in [2.05, 4.69) is 38.6 Å². The van der Waals surface area contributed by atoms with E-state index in [0.717, 1.165) is 23.2 Å². The molecular formula is C22H30O2S2. The summed E-state index contributed by atoms with van der Waals surface area (Å²) >= 11 is 5.89. The van der Waals surface area contributed by atoms with Crippen LogP contribution in [0.5, 0.6) is 0 Å².